The number of ether oxygens (including phenoxy) is 9. The monoisotopic (exact) mass is 718 g/mol. The molecular weight excluding hydrogens is 656 g/mol. The summed E-state index contributed by atoms with van der Waals surface area (Å²) in [4.78, 5) is 13.1. The van der Waals surface area contributed by atoms with Crippen molar-refractivity contribution in [2.75, 3.05) is 6.61 Å². The van der Waals surface area contributed by atoms with Gasteiger partial charge >= 0.3 is 5.97 Å². The lowest BCUT2D eigenvalue weighted by Crippen LogP contribution is -2.66. The van der Waals surface area contributed by atoms with Gasteiger partial charge < -0.3 is 47.7 Å². The van der Waals surface area contributed by atoms with E-state index >= 15 is 0 Å². The predicted molar refractivity (Wildman–Crippen MR) is 191 cm³/mol. The molecule has 12 atom stereocenters. The number of aliphatic hydroxyl groups excluding tert-OH is 1. The van der Waals surface area contributed by atoms with Gasteiger partial charge in [-0.15, -0.1) is 13.2 Å². The van der Waals surface area contributed by atoms with Gasteiger partial charge in [0, 0.05) is 12.0 Å². The third kappa shape index (κ3) is 11.4. The summed E-state index contributed by atoms with van der Waals surface area (Å²) in [5.41, 5.74) is 0.803. The molecule has 0 bridgehead atoms. The first-order valence-corrected chi connectivity index (χ1v) is 18.9. The molecule has 4 aliphatic rings. The summed E-state index contributed by atoms with van der Waals surface area (Å²) in [5.74, 6) is -1.33. The molecule has 1 aromatic rings. The molecule has 5 rings (SSSR count). The highest BCUT2D eigenvalue weighted by Crippen LogP contribution is 2.42. The number of carbonyl (C=O) groups is 1. The molecule has 0 amide bonds. The number of hydrogen-bond donors (Lipinski definition) is 1. The average Bonchev–Trinajstić information content (AvgIpc) is 3.45. The van der Waals surface area contributed by atoms with Crippen LogP contribution in [0.3, 0.4) is 0 Å². The second-order valence-corrected chi connectivity index (χ2v) is 14.2. The van der Waals surface area contributed by atoms with E-state index in [1.807, 2.05) is 63.3 Å². The highest BCUT2D eigenvalue weighted by Gasteiger charge is 2.58. The van der Waals surface area contributed by atoms with E-state index in [2.05, 4.69) is 33.9 Å². The molecule has 4 saturated heterocycles. The first kappa shape index (κ1) is 41.6. The van der Waals surface area contributed by atoms with Gasteiger partial charge in [-0.05, 0) is 65.7 Å². The van der Waals surface area contributed by atoms with Gasteiger partial charge in [-0.3, -0.25) is 4.79 Å². The minimum Gasteiger partial charge on any atom is -0.456 e. The molecule has 11 nitrogen and oxygen atoms in total. The normalized spacial score (nSPS) is 34.6. The van der Waals surface area contributed by atoms with E-state index in [9.17, 15) is 9.90 Å². The number of benzene rings is 1. The van der Waals surface area contributed by atoms with Crippen molar-refractivity contribution >= 4 is 5.97 Å². The van der Waals surface area contributed by atoms with Crippen LogP contribution in [0.2, 0.25) is 0 Å². The molecule has 0 spiro atoms. The van der Waals surface area contributed by atoms with Crippen molar-refractivity contribution in [2.24, 2.45) is 0 Å². The highest BCUT2D eigenvalue weighted by atomic mass is 16.8. The van der Waals surface area contributed by atoms with Gasteiger partial charge in [0.1, 0.15) is 36.6 Å². The van der Waals surface area contributed by atoms with Crippen molar-refractivity contribution in [1.29, 1.82) is 0 Å². The van der Waals surface area contributed by atoms with Crippen LogP contribution in [0.25, 0.3) is 0 Å². The number of rotatable bonds is 16. The van der Waals surface area contributed by atoms with E-state index in [0.29, 0.717) is 6.42 Å². The highest BCUT2D eigenvalue weighted by molar-refractivity contribution is 5.69. The molecule has 0 aliphatic carbocycles. The van der Waals surface area contributed by atoms with Crippen LogP contribution in [0, 0.1) is 0 Å². The molecule has 1 aromatic carbocycles. The van der Waals surface area contributed by atoms with E-state index in [-0.39, 0.29) is 25.2 Å². The maximum Gasteiger partial charge on any atom is 0.306 e. The maximum absolute atomic E-state index is 13.1. The van der Waals surface area contributed by atoms with Crippen molar-refractivity contribution < 1.29 is 52.5 Å². The standard InChI is InChI=1S/C37H54O11.C3H8/c1-7-10-12-17-21-27(38)44-31-28(39)35(43-26-22-40-34(45-30(26)31)24-18-15-13-16-19-24)46-33-32-29(47-37(5,6)48-32)23(4)41-36(33)42-25(9-3)20-14-11-8-2;1-3-2/h7-8,13,15-16,18-19,23,25-26,28-36,39H,1-2,9-12,14,17,20-22H2,3-6H3;3H2,1-2H3/t23?,25-,26?,28?,29?,30?,31?,32?,33?,34?,35?,36?;/m0./s1. The van der Waals surface area contributed by atoms with Crippen LogP contribution in [-0.4, -0.2) is 91.0 Å². The Morgan fingerprint density at radius 3 is 2.31 bits per heavy atom. The Balaban J connectivity index is 0.00000188. The van der Waals surface area contributed by atoms with Gasteiger partial charge in [0.2, 0.25) is 0 Å². The Bertz CT molecular complexity index is 1190. The lowest BCUT2D eigenvalue weighted by molar-refractivity contribution is -0.388. The van der Waals surface area contributed by atoms with Crippen molar-refractivity contribution in [3.8, 4) is 0 Å². The SMILES string of the molecule is C=CCCCCC(=O)OC1C(O)C(OC2C(O[C@@H](CC)CCCC=C)OC(C)C3OC(C)(C)OC32)OC2COC(c3ccccc3)OC21.CCC. The zero-order chi connectivity index (χ0) is 37.0. The molecule has 11 heteroatoms. The van der Waals surface area contributed by atoms with Crippen LogP contribution in [-0.2, 0) is 47.4 Å². The smallest absolute Gasteiger partial charge is 0.306 e. The van der Waals surface area contributed by atoms with Crippen molar-refractivity contribution in [3.63, 3.8) is 0 Å². The topological polar surface area (TPSA) is 120 Å². The van der Waals surface area contributed by atoms with Crippen LogP contribution in [0.5, 0.6) is 0 Å². The molecule has 0 aromatic heterocycles. The zero-order valence-electron chi connectivity index (χ0n) is 31.5. The maximum atomic E-state index is 13.1. The Morgan fingerprint density at radius 2 is 1.63 bits per heavy atom. The predicted octanol–water partition coefficient (Wildman–Crippen LogP) is 7.06. The van der Waals surface area contributed by atoms with Crippen molar-refractivity contribution in [2.45, 2.75) is 179 Å². The zero-order valence-corrected chi connectivity index (χ0v) is 31.5. The third-order valence-corrected chi connectivity index (χ3v) is 9.26. The van der Waals surface area contributed by atoms with Gasteiger partial charge in [-0.2, -0.15) is 0 Å². The van der Waals surface area contributed by atoms with Gasteiger partial charge in [-0.25, -0.2) is 0 Å². The van der Waals surface area contributed by atoms with Gasteiger partial charge in [0.05, 0.1) is 18.8 Å². The van der Waals surface area contributed by atoms with Crippen LogP contribution >= 0.6 is 0 Å². The fraction of sp³-hybridized carbons (Fsp3) is 0.725. The summed E-state index contributed by atoms with van der Waals surface area (Å²) in [6, 6.07) is 9.47. The molecule has 11 unspecified atom stereocenters. The molecular formula is C40H62O11. The number of aliphatic hydroxyl groups is 1. The van der Waals surface area contributed by atoms with E-state index in [1.165, 1.54) is 6.42 Å². The van der Waals surface area contributed by atoms with Crippen LogP contribution in [0.4, 0.5) is 0 Å². The van der Waals surface area contributed by atoms with E-state index in [4.69, 9.17) is 42.6 Å². The third-order valence-electron chi connectivity index (χ3n) is 9.26. The van der Waals surface area contributed by atoms with Gasteiger partial charge in [-0.1, -0.05) is 69.7 Å². The first-order valence-electron chi connectivity index (χ1n) is 18.9. The van der Waals surface area contributed by atoms with Crippen molar-refractivity contribution in [3.05, 3.63) is 61.2 Å². The van der Waals surface area contributed by atoms with E-state index in [1.54, 1.807) is 0 Å². The Kier molecular flexibility index (Phi) is 16.6. The fourth-order valence-corrected chi connectivity index (χ4v) is 6.77. The minimum absolute atomic E-state index is 0.105. The van der Waals surface area contributed by atoms with Gasteiger partial charge in [0.25, 0.3) is 0 Å². The molecule has 288 valence electrons. The number of unbranched alkanes of at least 4 members (excludes halogenated alkanes) is 3. The quantitative estimate of drug-likeness (QED) is 0.107. The fourth-order valence-electron chi connectivity index (χ4n) is 6.77. The molecule has 0 saturated carbocycles. The molecule has 1 N–H and O–H groups in total. The van der Waals surface area contributed by atoms with E-state index < -0.39 is 73.4 Å². The molecule has 0 radical (unpaired) electrons. The van der Waals surface area contributed by atoms with Crippen LogP contribution in [0.15, 0.2) is 55.6 Å². The summed E-state index contributed by atoms with van der Waals surface area (Å²) in [5, 5.41) is 11.8. The number of esters is 1. The number of fused-ring (bicyclic) bond motifs is 2. The largest absolute Gasteiger partial charge is 0.456 e. The summed E-state index contributed by atoms with van der Waals surface area (Å²) in [7, 11) is 0. The Morgan fingerprint density at radius 1 is 0.941 bits per heavy atom. The first-order chi connectivity index (χ1) is 24.5. The molecule has 4 aliphatic heterocycles. The minimum atomic E-state index is -1.40. The lowest BCUT2D eigenvalue weighted by Gasteiger charge is -2.49. The number of carbonyl (C=O) groups excluding carboxylic acids is 1. The second kappa shape index (κ2) is 20.3. The van der Waals surface area contributed by atoms with Crippen LogP contribution in [0.1, 0.15) is 111 Å². The van der Waals surface area contributed by atoms with E-state index in [0.717, 1.165) is 44.1 Å². The Hall–Kier alpha value is -2.19. The molecule has 4 fully saturated rings. The summed E-state index contributed by atoms with van der Waals surface area (Å²) in [6.07, 6.45) is 1.66. The Labute approximate surface area is 304 Å². The summed E-state index contributed by atoms with van der Waals surface area (Å²) in [6.45, 7) is 19.6. The molecule has 51 heavy (non-hydrogen) atoms. The number of hydrogen-bond acceptors (Lipinski definition) is 11. The summed E-state index contributed by atoms with van der Waals surface area (Å²) < 4.78 is 56.9. The lowest BCUT2D eigenvalue weighted by atomic mass is 9.96. The average molecular weight is 719 g/mol. The molecule has 4 heterocycles. The second-order valence-electron chi connectivity index (χ2n) is 14.2. The van der Waals surface area contributed by atoms with Gasteiger partial charge in [0.15, 0.2) is 30.8 Å². The number of allylic oxidation sites excluding steroid dienone is 2. The van der Waals surface area contributed by atoms with Crippen molar-refractivity contribution in [1.82, 2.24) is 0 Å². The van der Waals surface area contributed by atoms with Crippen LogP contribution < -0.4 is 0 Å². The summed E-state index contributed by atoms with van der Waals surface area (Å²) >= 11 is 0.